The number of anilines is 1. The van der Waals surface area contributed by atoms with Crippen LogP contribution in [0.4, 0.5) is 5.69 Å². The summed E-state index contributed by atoms with van der Waals surface area (Å²) in [6.45, 7) is 6.41. The molecule has 0 heterocycles. The molecule has 0 unspecified atom stereocenters. The van der Waals surface area contributed by atoms with E-state index in [2.05, 4.69) is 30.5 Å². The molecule has 0 saturated carbocycles. The topological polar surface area (TPSA) is 24.1 Å². The molecule has 90 valence electrons. The average Bonchev–Trinajstić information content (AvgIpc) is 2.28. The van der Waals surface area contributed by atoms with Crippen molar-refractivity contribution in [1.29, 1.82) is 0 Å². The Kier molecular flexibility index (Phi) is 5.64. The minimum atomic E-state index is 0.797. The van der Waals surface area contributed by atoms with Crippen LogP contribution in [0.25, 0.3) is 0 Å². The molecule has 1 aromatic rings. The Bertz CT molecular complexity index is 337. The standard InChI is InChI=1S/C13H21ClN2/c1-4-8-16-9-7-11-5-6-12(14)13(15-3)10(11)2/h5-6,15-16H,4,7-9H2,1-3H3. The molecule has 0 fully saturated rings. The molecule has 2 N–H and O–H groups in total. The number of halogens is 1. The third kappa shape index (κ3) is 3.39. The van der Waals surface area contributed by atoms with Crippen molar-refractivity contribution >= 4 is 17.3 Å². The molecule has 0 aliphatic rings. The van der Waals surface area contributed by atoms with E-state index in [0.29, 0.717) is 0 Å². The molecule has 0 radical (unpaired) electrons. The van der Waals surface area contributed by atoms with Crippen LogP contribution in [0.5, 0.6) is 0 Å². The minimum absolute atomic E-state index is 0.797. The lowest BCUT2D eigenvalue weighted by Crippen LogP contribution is -2.18. The van der Waals surface area contributed by atoms with Crippen LogP contribution < -0.4 is 10.6 Å². The van der Waals surface area contributed by atoms with E-state index in [4.69, 9.17) is 11.6 Å². The zero-order chi connectivity index (χ0) is 12.0. The van der Waals surface area contributed by atoms with Gasteiger partial charge in [0.2, 0.25) is 0 Å². The van der Waals surface area contributed by atoms with Gasteiger partial charge in [0.25, 0.3) is 0 Å². The fourth-order valence-electron chi connectivity index (χ4n) is 1.82. The molecule has 0 spiro atoms. The SMILES string of the molecule is CCCNCCc1ccc(Cl)c(NC)c1C. The zero-order valence-corrected chi connectivity index (χ0v) is 11.1. The molecule has 0 bridgehead atoms. The van der Waals surface area contributed by atoms with Gasteiger partial charge >= 0.3 is 0 Å². The first-order chi connectivity index (χ1) is 7.70. The van der Waals surface area contributed by atoms with Crippen molar-refractivity contribution in [2.24, 2.45) is 0 Å². The summed E-state index contributed by atoms with van der Waals surface area (Å²) in [6.07, 6.45) is 2.24. The second kappa shape index (κ2) is 6.77. The van der Waals surface area contributed by atoms with E-state index in [0.717, 1.165) is 30.2 Å². The normalized spacial score (nSPS) is 10.5. The van der Waals surface area contributed by atoms with Gasteiger partial charge in [0.1, 0.15) is 0 Å². The first-order valence-electron chi connectivity index (χ1n) is 5.87. The van der Waals surface area contributed by atoms with E-state index in [1.54, 1.807) is 0 Å². The molecule has 3 heteroatoms. The van der Waals surface area contributed by atoms with Gasteiger partial charge in [-0.25, -0.2) is 0 Å². The van der Waals surface area contributed by atoms with Gasteiger partial charge in [-0.1, -0.05) is 24.6 Å². The smallest absolute Gasteiger partial charge is 0.0640 e. The second-order valence-electron chi connectivity index (χ2n) is 3.96. The monoisotopic (exact) mass is 240 g/mol. The predicted octanol–water partition coefficient (Wildman–Crippen LogP) is 3.23. The molecule has 0 aliphatic carbocycles. The Balaban J connectivity index is 2.66. The summed E-state index contributed by atoms with van der Waals surface area (Å²) >= 11 is 6.11. The van der Waals surface area contributed by atoms with Gasteiger partial charge in [0.15, 0.2) is 0 Å². The van der Waals surface area contributed by atoms with E-state index in [1.807, 2.05) is 13.1 Å². The third-order valence-corrected chi connectivity index (χ3v) is 3.09. The van der Waals surface area contributed by atoms with E-state index >= 15 is 0 Å². The van der Waals surface area contributed by atoms with Crippen LogP contribution in [0.3, 0.4) is 0 Å². The number of benzene rings is 1. The first-order valence-corrected chi connectivity index (χ1v) is 6.25. The summed E-state index contributed by atoms with van der Waals surface area (Å²) < 4.78 is 0. The van der Waals surface area contributed by atoms with Gasteiger partial charge < -0.3 is 10.6 Å². The number of hydrogen-bond acceptors (Lipinski definition) is 2. The van der Waals surface area contributed by atoms with Gasteiger partial charge in [-0.15, -0.1) is 0 Å². The van der Waals surface area contributed by atoms with Crippen molar-refractivity contribution in [2.45, 2.75) is 26.7 Å². The molecule has 0 aromatic heterocycles. The molecular weight excluding hydrogens is 220 g/mol. The number of hydrogen-bond donors (Lipinski definition) is 2. The molecule has 2 nitrogen and oxygen atoms in total. The summed E-state index contributed by atoms with van der Waals surface area (Å²) in [7, 11) is 1.91. The van der Waals surface area contributed by atoms with Gasteiger partial charge in [-0.3, -0.25) is 0 Å². The third-order valence-electron chi connectivity index (χ3n) is 2.77. The van der Waals surface area contributed by atoms with Crippen LogP contribution in [0, 0.1) is 6.92 Å². The van der Waals surface area contributed by atoms with Crippen molar-refractivity contribution in [3.8, 4) is 0 Å². The van der Waals surface area contributed by atoms with E-state index in [9.17, 15) is 0 Å². The van der Waals surface area contributed by atoms with Crippen LogP contribution in [-0.4, -0.2) is 20.1 Å². The first kappa shape index (κ1) is 13.3. The lowest BCUT2D eigenvalue weighted by atomic mass is 10.0. The zero-order valence-electron chi connectivity index (χ0n) is 10.4. The molecular formula is C13H21ClN2. The Morgan fingerprint density at radius 2 is 2.00 bits per heavy atom. The quantitative estimate of drug-likeness (QED) is 0.746. The van der Waals surface area contributed by atoms with Gasteiger partial charge in [-0.2, -0.15) is 0 Å². The molecule has 0 atom stereocenters. The summed E-state index contributed by atoms with van der Waals surface area (Å²) in [5, 5.41) is 7.36. The van der Waals surface area contributed by atoms with E-state index < -0.39 is 0 Å². The summed E-state index contributed by atoms with van der Waals surface area (Å²) in [4.78, 5) is 0. The Morgan fingerprint density at radius 1 is 1.25 bits per heavy atom. The molecule has 16 heavy (non-hydrogen) atoms. The summed E-state index contributed by atoms with van der Waals surface area (Å²) in [6, 6.07) is 4.08. The highest BCUT2D eigenvalue weighted by Gasteiger charge is 2.06. The van der Waals surface area contributed by atoms with Crippen LogP contribution in [0.1, 0.15) is 24.5 Å². The Hall–Kier alpha value is -0.730. The molecule has 0 saturated heterocycles. The van der Waals surface area contributed by atoms with Crippen LogP contribution in [0.15, 0.2) is 12.1 Å². The maximum Gasteiger partial charge on any atom is 0.0640 e. The fourth-order valence-corrected chi connectivity index (χ4v) is 2.12. The minimum Gasteiger partial charge on any atom is -0.387 e. The van der Waals surface area contributed by atoms with Gasteiger partial charge in [0.05, 0.1) is 10.7 Å². The maximum atomic E-state index is 6.11. The lowest BCUT2D eigenvalue weighted by molar-refractivity contribution is 0.670. The maximum absolute atomic E-state index is 6.11. The van der Waals surface area contributed by atoms with Crippen molar-refractivity contribution in [2.75, 3.05) is 25.5 Å². The van der Waals surface area contributed by atoms with Crippen LogP contribution >= 0.6 is 11.6 Å². The van der Waals surface area contributed by atoms with Crippen molar-refractivity contribution < 1.29 is 0 Å². The highest BCUT2D eigenvalue weighted by Crippen LogP contribution is 2.27. The molecule has 1 aromatic carbocycles. The molecule has 0 aliphatic heterocycles. The largest absolute Gasteiger partial charge is 0.387 e. The Morgan fingerprint density at radius 3 is 2.62 bits per heavy atom. The van der Waals surface area contributed by atoms with Gasteiger partial charge in [-0.05, 0) is 50.0 Å². The average molecular weight is 241 g/mol. The van der Waals surface area contributed by atoms with E-state index in [-0.39, 0.29) is 0 Å². The predicted molar refractivity (Wildman–Crippen MR) is 72.6 cm³/mol. The highest BCUT2D eigenvalue weighted by molar-refractivity contribution is 6.33. The van der Waals surface area contributed by atoms with Gasteiger partial charge in [0, 0.05) is 7.05 Å². The molecule has 0 amide bonds. The van der Waals surface area contributed by atoms with Crippen molar-refractivity contribution in [3.05, 3.63) is 28.3 Å². The second-order valence-corrected chi connectivity index (χ2v) is 4.36. The fraction of sp³-hybridized carbons (Fsp3) is 0.538. The van der Waals surface area contributed by atoms with E-state index in [1.165, 1.54) is 17.5 Å². The van der Waals surface area contributed by atoms with Crippen LogP contribution in [-0.2, 0) is 6.42 Å². The summed E-state index contributed by atoms with van der Waals surface area (Å²) in [5.74, 6) is 0. The lowest BCUT2D eigenvalue weighted by Gasteiger charge is -2.13. The Labute approximate surface area is 103 Å². The van der Waals surface area contributed by atoms with Crippen LogP contribution in [0.2, 0.25) is 5.02 Å². The van der Waals surface area contributed by atoms with Crippen molar-refractivity contribution in [1.82, 2.24) is 5.32 Å². The van der Waals surface area contributed by atoms with Crippen molar-refractivity contribution in [3.63, 3.8) is 0 Å². The highest BCUT2D eigenvalue weighted by atomic mass is 35.5. The molecule has 1 rings (SSSR count). The number of nitrogens with one attached hydrogen (secondary N) is 2. The number of rotatable bonds is 6. The summed E-state index contributed by atoms with van der Waals surface area (Å²) in [5.41, 5.74) is 3.67.